The summed E-state index contributed by atoms with van der Waals surface area (Å²) in [5.41, 5.74) is 0.626. The molecule has 0 aliphatic carbocycles. The van der Waals surface area contributed by atoms with Crippen molar-refractivity contribution in [1.82, 2.24) is 10.2 Å². The van der Waals surface area contributed by atoms with E-state index in [0.717, 1.165) is 11.8 Å². The summed E-state index contributed by atoms with van der Waals surface area (Å²) in [4.78, 5) is 10.7. The Morgan fingerprint density at radius 1 is 1.44 bits per heavy atom. The lowest BCUT2D eigenvalue weighted by Crippen LogP contribution is -2.10. The van der Waals surface area contributed by atoms with Crippen molar-refractivity contribution in [2.75, 3.05) is 0 Å². The van der Waals surface area contributed by atoms with Gasteiger partial charge >= 0.3 is 5.97 Å². The van der Waals surface area contributed by atoms with E-state index in [2.05, 4.69) is 10.2 Å². The molecule has 1 atom stereocenters. The van der Waals surface area contributed by atoms with E-state index in [9.17, 15) is 4.79 Å². The largest absolute Gasteiger partial charge is 0.480 e. The van der Waals surface area contributed by atoms with Gasteiger partial charge in [0.1, 0.15) is 5.25 Å². The molecule has 1 aromatic carbocycles. The number of aliphatic carboxylic acids is 1. The molecule has 0 aliphatic heterocycles. The van der Waals surface area contributed by atoms with Crippen molar-refractivity contribution in [2.24, 2.45) is 0 Å². The topological polar surface area (TPSA) is 76.2 Å². The van der Waals surface area contributed by atoms with Crippen LogP contribution in [-0.4, -0.2) is 26.5 Å². The van der Waals surface area contributed by atoms with Gasteiger partial charge in [0.15, 0.2) is 0 Å². The molecule has 1 unspecified atom stereocenters. The van der Waals surface area contributed by atoms with E-state index >= 15 is 0 Å². The zero-order valence-electron chi connectivity index (χ0n) is 9.33. The van der Waals surface area contributed by atoms with Gasteiger partial charge in [-0.2, -0.15) is 0 Å². The van der Waals surface area contributed by atoms with Crippen LogP contribution in [0.25, 0.3) is 11.5 Å². The summed E-state index contributed by atoms with van der Waals surface area (Å²) in [6.45, 7) is 1.55. The van der Waals surface area contributed by atoms with Gasteiger partial charge in [-0.3, -0.25) is 4.79 Å². The van der Waals surface area contributed by atoms with E-state index in [1.54, 1.807) is 31.2 Å². The highest BCUT2D eigenvalue weighted by Gasteiger charge is 2.18. The van der Waals surface area contributed by atoms with Crippen LogP contribution >= 0.6 is 23.4 Å². The summed E-state index contributed by atoms with van der Waals surface area (Å²) < 4.78 is 5.36. The second-order valence-corrected chi connectivity index (χ2v) is 5.15. The summed E-state index contributed by atoms with van der Waals surface area (Å²) in [6, 6.07) is 7.07. The monoisotopic (exact) mass is 284 g/mol. The molecule has 0 amide bonds. The third kappa shape index (κ3) is 2.83. The van der Waals surface area contributed by atoms with Gasteiger partial charge in [-0.1, -0.05) is 35.5 Å². The molecular formula is C11H9ClN2O3S. The van der Waals surface area contributed by atoms with E-state index in [-0.39, 0.29) is 11.1 Å². The number of carboxylic acids is 1. The van der Waals surface area contributed by atoms with Crippen molar-refractivity contribution in [3.63, 3.8) is 0 Å². The number of carbonyl (C=O) groups is 1. The molecule has 5 nitrogen and oxygen atoms in total. The van der Waals surface area contributed by atoms with Gasteiger partial charge in [-0.05, 0) is 19.1 Å². The minimum absolute atomic E-state index is 0.208. The van der Waals surface area contributed by atoms with Crippen LogP contribution < -0.4 is 0 Å². The lowest BCUT2D eigenvalue weighted by Gasteiger charge is -2.00. The molecule has 0 bridgehead atoms. The summed E-state index contributed by atoms with van der Waals surface area (Å²) in [6.07, 6.45) is 0. The molecule has 1 N–H and O–H groups in total. The van der Waals surface area contributed by atoms with Crippen molar-refractivity contribution in [1.29, 1.82) is 0 Å². The molecule has 0 saturated carbocycles. The maximum absolute atomic E-state index is 10.7. The summed E-state index contributed by atoms with van der Waals surface area (Å²) >= 11 is 6.99. The van der Waals surface area contributed by atoms with E-state index in [0.29, 0.717) is 10.6 Å². The van der Waals surface area contributed by atoms with Gasteiger partial charge in [-0.25, -0.2) is 0 Å². The number of hydrogen-bond acceptors (Lipinski definition) is 5. The van der Waals surface area contributed by atoms with Crippen LogP contribution in [0.15, 0.2) is 33.9 Å². The molecule has 94 valence electrons. The fraction of sp³-hybridized carbons (Fsp3) is 0.182. The van der Waals surface area contributed by atoms with Crippen LogP contribution in [0.2, 0.25) is 5.02 Å². The normalized spacial score (nSPS) is 12.3. The van der Waals surface area contributed by atoms with Crippen LogP contribution in [0.3, 0.4) is 0 Å². The predicted molar refractivity (Wildman–Crippen MR) is 67.7 cm³/mol. The molecule has 18 heavy (non-hydrogen) atoms. The Kier molecular flexibility index (Phi) is 3.88. The third-order valence-corrected chi connectivity index (χ3v) is 3.39. The number of halogens is 1. The van der Waals surface area contributed by atoms with E-state index in [1.165, 1.54) is 0 Å². The summed E-state index contributed by atoms with van der Waals surface area (Å²) in [5.74, 6) is -0.654. The highest BCUT2D eigenvalue weighted by Crippen LogP contribution is 2.29. The number of nitrogens with zero attached hydrogens (tertiary/aromatic N) is 2. The van der Waals surface area contributed by atoms with Gasteiger partial charge in [-0.15, -0.1) is 10.2 Å². The van der Waals surface area contributed by atoms with E-state index < -0.39 is 11.2 Å². The molecule has 0 radical (unpaired) electrons. The van der Waals surface area contributed by atoms with Gasteiger partial charge in [0.05, 0.1) is 10.6 Å². The zero-order chi connectivity index (χ0) is 13.1. The van der Waals surface area contributed by atoms with E-state index in [1.807, 2.05) is 0 Å². The highest BCUT2D eigenvalue weighted by molar-refractivity contribution is 8.00. The van der Waals surface area contributed by atoms with Crippen LogP contribution in [-0.2, 0) is 4.79 Å². The van der Waals surface area contributed by atoms with E-state index in [4.69, 9.17) is 21.1 Å². The first kappa shape index (κ1) is 12.9. The van der Waals surface area contributed by atoms with Crippen LogP contribution in [0.5, 0.6) is 0 Å². The molecular weight excluding hydrogens is 276 g/mol. The summed E-state index contributed by atoms with van der Waals surface area (Å²) in [7, 11) is 0. The van der Waals surface area contributed by atoms with Crippen molar-refractivity contribution in [2.45, 2.75) is 17.4 Å². The lowest BCUT2D eigenvalue weighted by atomic mass is 10.2. The third-order valence-electron chi connectivity index (χ3n) is 2.14. The Morgan fingerprint density at radius 3 is 2.83 bits per heavy atom. The van der Waals surface area contributed by atoms with Crippen LogP contribution in [0.1, 0.15) is 6.92 Å². The maximum atomic E-state index is 10.7. The fourth-order valence-electron chi connectivity index (χ4n) is 1.20. The van der Waals surface area contributed by atoms with Gasteiger partial charge in [0, 0.05) is 0 Å². The Bertz CT molecular complexity index is 573. The zero-order valence-corrected chi connectivity index (χ0v) is 10.9. The van der Waals surface area contributed by atoms with Crippen molar-refractivity contribution < 1.29 is 14.3 Å². The number of benzene rings is 1. The SMILES string of the molecule is CC(Sc1nnc(-c2ccccc2Cl)o1)C(=O)O. The Hall–Kier alpha value is -1.53. The van der Waals surface area contributed by atoms with Gasteiger partial charge in [0.2, 0.25) is 5.89 Å². The van der Waals surface area contributed by atoms with Crippen molar-refractivity contribution in [3.05, 3.63) is 29.3 Å². The molecule has 1 heterocycles. The maximum Gasteiger partial charge on any atom is 0.316 e. The Labute approximate surface area is 112 Å². The molecule has 0 spiro atoms. The minimum atomic E-state index is -0.933. The minimum Gasteiger partial charge on any atom is -0.480 e. The Balaban J connectivity index is 2.21. The molecule has 0 fully saturated rings. The molecule has 2 aromatic rings. The quantitative estimate of drug-likeness (QED) is 0.870. The average Bonchev–Trinajstić information content (AvgIpc) is 2.77. The lowest BCUT2D eigenvalue weighted by molar-refractivity contribution is -0.136. The molecule has 1 aromatic heterocycles. The first-order valence-corrected chi connectivity index (χ1v) is 6.31. The van der Waals surface area contributed by atoms with Crippen molar-refractivity contribution >= 4 is 29.3 Å². The number of thioether (sulfide) groups is 1. The molecule has 2 rings (SSSR count). The second-order valence-electron chi connectivity index (χ2n) is 3.45. The van der Waals surface area contributed by atoms with Crippen molar-refractivity contribution in [3.8, 4) is 11.5 Å². The first-order valence-electron chi connectivity index (χ1n) is 5.06. The molecule has 0 saturated heterocycles. The number of rotatable bonds is 4. The first-order chi connectivity index (χ1) is 8.58. The predicted octanol–water partition coefficient (Wildman–Crippen LogP) is 2.96. The molecule has 0 aliphatic rings. The standard InChI is InChI=1S/C11H9ClN2O3S/c1-6(10(15)16)18-11-14-13-9(17-11)7-4-2-3-5-8(7)12/h2-6H,1H3,(H,15,16). The number of aromatic nitrogens is 2. The Morgan fingerprint density at radius 2 is 2.17 bits per heavy atom. The van der Waals surface area contributed by atoms with Crippen LogP contribution in [0, 0.1) is 0 Å². The molecule has 7 heteroatoms. The van der Waals surface area contributed by atoms with Gasteiger partial charge in [0.25, 0.3) is 5.22 Å². The van der Waals surface area contributed by atoms with Gasteiger partial charge < -0.3 is 9.52 Å². The number of carboxylic acid groups (broad SMARTS) is 1. The average molecular weight is 285 g/mol. The second kappa shape index (κ2) is 5.41. The smallest absolute Gasteiger partial charge is 0.316 e. The fourth-order valence-corrected chi connectivity index (χ4v) is 2.04. The highest BCUT2D eigenvalue weighted by atomic mass is 35.5. The summed E-state index contributed by atoms with van der Waals surface area (Å²) in [5, 5.41) is 16.5. The number of hydrogen-bond donors (Lipinski definition) is 1. The van der Waals surface area contributed by atoms with Crippen LogP contribution in [0.4, 0.5) is 0 Å².